The van der Waals surface area contributed by atoms with Crippen molar-refractivity contribution >= 4 is 0 Å². The molecule has 18 heavy (non-hydrogen) atoms. The fourth-order valence-electron chi connectivity index (χ4n) is 1.44. The van der Waals surface area contributed by atoms with Crippen LogP contribution < -0.4 is 0 Å². The van der Waals surface area contributed by atoms with Crippen LogP contribution in [0.3, 0.4) is 0 Å². The van der Waals surface area contributed by atoms with Crippen LogP contribution in [0.5, 0.6) is 0 Å². The van der Waals surface area contributed by atoms with Gasteiger partial charge in [-0.3, -0.25) is 0 Å². The largest absolute Gasteiger partial charge is 0.240 e. The quantitative estimate of drug-likeness (QED) is 0.669. The zero-order chi connectivity index (χ0) is 12.2. The average Bonchev–Trinajstić information content (AvgIpc) is 2.49. The zero-order valence-electron chi connectivity index (χ0n) is 9.30. The molecule has 0 fully saturated rings. The summed E-state index contributed by atoms with van der Waals surface area (Å²) in [6.45, 7) is 0. The molecule has 2 heterocycles. The van der Waals surface area contributed by atoms with E-state index in [2.05, 4.69) is 30.4 Å². The monoisotopic (exact) mass is 236 g/mol. The molecular formula is C12H8N6. The fourth-order valence-corrected chi connectivity index (χ4v) is 1.44. The van der Waals surface area contributed by atoms with Crippen LogP contribution in [0.2, 0.25) is 0 Å². The van der Waals surface area contributed by atoms with E-state index in [1.807, 2.05) is 30.3 Å². The van der Waals surface area contributed by atoms with E-state index in [1.165, 1.54) is 0 Å². The molecule has 0 spiro atoms. The van der Waals surface area contributed by atoms with Crippen LogP contribution in [-0.4, -0.2) is 30.4 Å². The molecule has 3 aromatic rings. The van der Waals surface area contributed by atoms with Crippen molar-refractivity contribution < 1.29 is 0 Å². The summed E-state index contributed by atoms with van der Waals surface area (Å²) in [6.07, 6.45) is 3.24. The maximum atomic E-state index is 4.04. The molecule has 0 aliphatic rings. The van der Waals surface area contributed by atoms with E-state index in [-0.39, 0.29) is 0 Å². The summed E-state index contributed by atoms with van der Waals surface area (Å²) in [5.74, 6) is 1.21. The lowest BCUT2D eigenvalue weighted by Gasteiger charge is -1.98. The summed E-state index contributed by atoms with van der Waals surface area (Å²) in [6, 6.07) is 11.3. The highest BCUT2D eigenvalue weighted by Gasteiger charge is 2.07. The lowest BCUT2D eigenvalue weighted by atomic mass is 10.2. The second-order valence-corrected chi connectivity index (χ2v) is 3.49. The third-order valence-electron chi connectivity index (χ3n) is 2.28. The number of aromatic nitrogens is 6. The lowest BCUT2D eigenvalue weighted by Crippen LogP contribution is -2.01. The Kier molecular flexibility index (Phi) is 2.67. The molecule has 3 rings (SSSR count). The van der Waals surface area contributed by atoms with Crippen molar-refractivity contribution in [2.24, 2.45) is 0 Å². The van der Waals surface area contributed by atoms with Crippen molar-refractivity contribution in [2.45, 2.75) is 0 Å². The van der Waals surface area contributed by atoms with Crippen LogP contribution >= 0.6 is 0 Å². The minimum Gasteiger partial charge on any atom is -0.234 e. The molecule has 0 aliphatic carbocycles. The van der Waals surface area contributed by atoms with Crippen LogP contribution in [0.15, 0.2) is 48.8 Å². The van der Waals surface area contributed by atoms with Crippen LogP contribution in [0.4, 0.5) is 0 Å². The molecule has 6 heteroatoms. The number of hydrogen-bond acceptors (Lipinski definition) is 6. The second-order valence-electron chi connectivity index (χ2n) is 3.49. The van der Waals surface area contributed by atoms with Gasteiger partial charge in [-0.2, -0.15) is 0 Å². The first kappa shape index (κ1) is 10.4. The predicted molar refractivity (Wildman–Crippen MR) is 64.1 cm³/mol. The van der Waals surface area contributed by atoms with Gasteiger partial charge < -0.3 is 0 Å². The van der Waals surface area contributed by atoms with Crippen LogP contribution in [0.25, 0.3) is 23.0 Å². The topological polar surface area (TPSA) is 77.3 Å². The van der Waals surface area contributed by atoms with Crippen molar-refractivity contribution in [3.63, 3.8) is 0 Å². The van der Waals surface area contributed by atoms with E-state index in [1.54, 1.807) is 18.5 Å². The standard InChI is InChI=1S/C12H8N6/c1-2-5-9(6-3-1)10-15-17-12(18-16-10)11-13-7-4-8-14-11/h1-8H. The third-order valence-corrected chi connectivity index (χ3v) is 2.28. The Labute approximate surface area is 103 Å². The number of hydrogen-bond donors (Lipinski definition) is 0. The fraction of sp³-hybridized carbons (Fsp3) is 0. The van der Waals surface area contributed by atoms with Gasteiger partial charge >= 0.3 is 0 Å². The Morgan fingerprint density at radius 2 is 1.17 bits per heavy atom. The van der Waals surface area contributed by atoms with Gasteiger partial charge in [0.05, 0.1) is 0 Å². The summed E-state index contributed by atoms with van der Waals surface area (Å²) in [7, 11) is 0. The molecule has 6 nitrogen and oxygen atoms in total. The minimum absolute atomic E-state index is 0.315. The molecule has 0 saturated heterocycles. The smallest absolute Gasteiger partial charge is 0.234 e. The predicted octanol–water partition coefficient (Wildman–Crippen LogP) is 1.39. The van der Waals surface area contributed by atoms with E-state index < -0.39 is 0 Å². The van der Waals surface area contributed by atoms with Crippen LogP contribution in [0.1, 0.15) is 0 Å². The Bertz CT molecular complexity index is 565. The molecule has 0 aliphatic heterocycles. The van der Waals surface area contributed by atoms with Crippen molar-refractivity contribution in [2.75, 3.05) is 0 Å². The van der Waals surface area contributed by atoms with Gasteiger partial charge in [-0.05, 0) is 6.07 Å². The molecule has 0 radical (unpaired) electrons. The maximum absolute atomic E-state index is 4.04. The number of nitrogens with zero attached hydrogens (tertiary/aromatic N) is 6. The summed E-state index contributed by atoms with van der Waals surface area (Å²) in [5, 5.41) is 16.0. The first-order valence-corrected chi connectivity index (χ1v) is 5.34. The van der Waals surface area contributed by atoms with Gasteiger partial charge in [0.1, 0.15) is 0 Å². The molecule has 0 atom stereocenters. The molecule has 0 amide bonds. The first-order chi connectivity index (χ1) is 8.93. The molecular weight excluding hydrogens is 228 g/mol. The van der Waals surface area contributed by atoms with Gasteiger partial charge in [0.25, 0.3) is 0 Å². The van der Waals surface area contributed by atoms with E-state index >= 15 is 0 Å². The Morgan fingerprint density at radius 1 is 0.556 bits per heavy atom. The van der Waals surface area contributed by atoms with Gasteiger partial charge in [0.15, 0.2) is 0 Å². The van der Waals surface area contributed by atoms with Crippen LogP contribution in [-0.2, 0) is 0 Å². The van der Waals surface area contributed by atoms with Crippen molar-refractivity contribution in [3.05, 3.63) is 48.8 Å². The molecule has 0 bridgehead atoms. The lowest BCUT2D eigenvalue weighted by molar-refractivity contribution is 0.862. The average molecular weight is 236 g/mol. The van der Waals surface area contributed by atoms with Gasteiger partial charge in [-0.15, -0.1) is 20.4 Å². The van der Waals surface area contributed by atoms with Gasteiger partial charge in [-0.1, -0.05) is 30.3 Å². The highest BCUT2D eigenvalue weighted by atomic mass is 15.3. The molecule has 2 aromatic heterocycles. The van der Waals surface area contributed by atoms with Crippen LogP contribution in [0, 0.1) is 0 Å². The van der Waals surface area contributed by atoms with E-state index in [9.17, 15) is 0 Å². The zero-order valence-corrected chi connectivity index (χ0v) is 9.30. The number of benzene rings is 1. The normalized spacial score (nSPS) is 10.2. The molecule has 86 valence electrons. The maximum Gasteiger partial charge on any atom is 0.240 e. The van der Waals surface area contributed by atoms with Crippen molar-refractivity contribution in [1.82, 2.24) is 30.4 Å². The third kappa shape index (κ3) is 2.03. The van der Waals surface area contributed by atoms with Gasteiger partial charge in [0, 0.05) is 18.0 Å². The summed E-state index contributed by atoms with van der Waals surface area (Å²) >= 11 is 0. The molecule has 0 unspecified atom stereocenters. The molecule has 1 aromatic carbocycles. The Balaban J connectivity index is 1.95. The van der Waals surface area contributed by atoms with Gasteiger partial charge in [0.2, 0.25) is 17.5 Å². The highest BCUT2D eigenvalue weighted by Crippen LogP contribution is 2.12. The Morgan fingerprint density at radius 3 is 1.83 bits per heavy atom. The Hall–Kier alpha value is -2.76. The SMILES string of the molecule is c1ccc(-c2nnc(-c3ncccn3)nn2)cc1. The first-order valence-electron chi connectivity index (χ1n) is 5.34. The summed E-state index contributed by atoms with van der Waals surface area (Å²) in [4.78, 5) is 8.07. The van der Waals surface area contributed by atoms with Crippen molar-refractivity contribution in [1.29, 1.82) is 0 Å². The van der Waals surface area contributed by atoms with Gasteiger partial charge in [-0.25, -0.2) is 9.97 Å². The highest BCUT2D eigenvalue weighted by molar-refractivity contribution is 5.53. The summed E-state index contributed by atoms with van der Waals surface area (Å²) in [5.41, 5.74) is 0.873. The van der Waals surface area contributed by atoms with E-state index in [4.69, 9.17) is 0 Å². The molecule has 0 N–H and O–H groups in total. The van der Waals surface area contributed by atoms with Crippen molar-refractivity contribution in [3.8, 4) is 23.0 Å². The number of rotatable bonds is 2. The molecule has 0 saturated carbocycles. The summed E-state index contributed by atoms with van der Waals surface area (Å²) < 4.78 is 0. The van der Waals surface area contributed by atoms with E-state index in [0.29, 0.717) is 17.5 Å². The van der Waals surface area contributed by atoms with E-state index in [0.717, 1.165) is 5.56 Å². The second kappa shape index (κ2) is 4.62. The minimum atomic E-state index is 0.315.